The van der Waals surface area contributed by atoms with Crippen LogP contribution in [0.4, 0.5) is 0 Å². The summed E-state index contributed by atoms with van der Waals surface area (Å²) in [6.07, 6.45) is 1.91. The number of hydrogen-bond acceptors (Lipinski definition) is 2. The first-order valence-electron chi connectivity index (χ1n) is 20.1. The van der Waals surface area contributed by atoms with E-state index in [0.29, 0.717) is 0 Å². The Morgan fingerprint density at radius 2 is 0.897 bits per heavy atom. The third kappa shape index (κ3) is 4.80. The molecule has 1 aliphatic rings. The third-order valence-electron chi connectivity index (χ3n) is 12.6. The molecular formula is C55H37N3. The number of hydrogen-bond donors (Lipinski definition) is 0. The highest BCUT2D eigenvalue weighted by molar-refractivity contribution is 6.23. The Labute approximate surface area is 336 Å². The molecule has 272 valence electrons. The van der Waals surface area contributed by atoms with Crippen molar-refractivity contribution in [1.29, 1.82) is 0 Å². The van der Waals surface area contributed by atoms with Gasteiger partial charge in [0.25, 0.3) is 0 Å². The van der Waals surface area contributed by atoms with Crippen LogP contribution < -0.4 is 0 Å². The van der Waals surface area contributed by atoms with Gasteiger partial charge >= 0.3 is 0 Å². The first-order chi connectivity index (χ1) is 28.5. The number of benzene rings is 9. The summed E-state index contributed by atoms with van der Waals surface area (Å²) in [6.45, 7) is 4.75. The van der Waals surface area contributed by atoms with Crippen molar-refractivity contribution < 1.29 is 0 Å². The van der Waals surface area contributed by atoms with Crippen LogP contribution in [0.1, 0.15) is 25.0 Å². The van der Waals surface area contributed by atoms with Gasteiger partial charge in [-0.2, -0.15) is 0 Å². The minimum Gasteiger partial charge on any atom is -0.309 e. The van der Waals surface area contributed by atoms with Crippen molar-refractivity contribution >= 4 is 54.4 Å². The van der Waals surface area contributed by atoms with Gasteiger partial charge in [-0.15, -0.1) is 0 Å². The minimum atomic E-state index is -0.159. The lowest BCUT2D eigenvalue weighted by atomic mass is 9.81. The number of rotatable bonds is 4. The molecular weight excluding hydrogens is 703 g/mol. The predicted molar refractivity (Wildman–Crippen MR) is 243 cm³/mol. The van der Waals surface area contributed by atoms with E-state index in [1.165, 1.54) is 82.8 Å². The molecule has 1 aliphatic carbocycles. The van der Waals surface area contributed by atoms with Crippen molar-refractivity contribution in [2.45, 2.75) is 19.3 Å². The van der Waals surface area contributed by atoms with Gasteiger partial charge in [0.2, 0.25) is 0 Å². The Balaban J connectivity index is 0.873. The quantitative estimate of drug-likeness (QED) is 0.168. The molecule has 0 radical (unpaired) electrons. The predicted octanol–water partition coefficient (Wildman–Crippen LogP) is 14.3. The molecule has 0 saturated heterocycles. The van der Waals surface area contributed by atoms with Crippen LogP contribution in [0.5, 0.6) is 0 Å². The maximum Gasteiger partial charge on any atom is 0.0979 e. The van der Waals surface area contributed by atoms with Gasteiger partial charge in [0.05, 0.1) is 34.0 Å². The molecule has 0 N–H and O–H groups in total. The second kappa shape index (κ2) is 12.3. The van der Waals surface area contributed by atoms with E-state index in [2.05, 4.69) is 200 Å². The zero-order valence-corrected chi connectivity index (χ0v) is 32.2. The lowest BCUT2D eigenvalue weighted by Crippen LogP contribution is -2.15. The molecule has 0 aliphatic heterocycles. The van der Waals surface area contributed by atoms with Gasteiger partial charge in [-0.25, -0.2) is 4.98 Å². The number of nitrogens with zero attached hydrogens (tertiary/aromatic N) is 3. The van der Waals surface area contributed by atoms with Crippen LogP contribution in [-0.4, -0.2) is 14.5 Å². The highest BCUT2D eigenvalue weighted by Gasteiger charge is 2.36. The Hall–Kier alpha value is -7.36. The SMILES string of the molecule is CC1(C)c2cc(-c3cccc(-c4ccc(-c5cnc6c7ccccc7c7ccccc7c6n5)cc4)c3)ccc2-c2ccc(-n3c4ccccc4c4ccccc43)cc21. The molecule has 0 unspecified atom stereocenters. The fourth-order valence-corrected chi connectivity index (χ4v) is 9.72. The molecule has 12 rings (SSSR count). The second-order valence-electron chi connectivity index (χ2n) is 16.2. The zero-order valence-electron chi connectivity index (χ0n) is 32.2. The number of para-hydroxylation sites is 2. The Morgan fingerprint density at radius 3 is 1.57 bits per heavy atom. The molecule has 9 aromatic carbocycles. The maximum absolute atomic E-state index is 5.21. The molecule has 0 spiro atoms. The van der Waals surface area contributed by atoms with Gasteiger partial charge in [0.15, 0.2) is 0 Å². The highest BCUT2D eigenvalue weighted by atomic mass is 15.0. The van der Waals surface area contributed by atoms with Gasteiger partial charge in [-0.1, -0.05) is 159 Å². The van der Waals surface area contributed by atoms with Crippen LogP contribution in [-0.2, 0) is 5.41 Å². The molecule has 0 fully saturated rings. The number of aromatic nitrogens is 3. The van der Waals surface area contributed by atoms with Gasteiger partial charge < -0.3 is 4.57 Å². The van der Waals surface area contributed by atoms with Crippen molar-refractivity contribution in [2.75, 3.05) is 0 Å². The lowest BCUT2D eigenvalue weighted by Gasteiger charge is -2.23. The van der Waals surface area contributed by atoms with Crippen LogP contribution in [0.2, 0.25) is 0 Å². The smallest absolute Gasteiger partial charge is 0.0979 e. The largest absolute Gasteiger partial charge is 0.309 e. The van der Waals surface area contributed by atoms with E-state index in [-0.39, 0.29) is 5.41 Å². The average molecular weight is 740 g/mol. The molecule has 3 heteroatoms. The van der Waals surface area contributed by atoms with E-state index in [4.69, 9.17) is 9.97 Å². The third-order valence-corrected chi connectivity index (χ3v) is 12.6. The average Bonchev–Trinajstić information content (AvgIpc) is 3.74. The van der Waals surface area contributed by atoms with Crippen molar-refractivity contribution in [2.24, 2.45) is 0 Å². The van der Waals surface area contributed by atoms with Crippen molar-refractivity contribution in [1.82, 2.24) is 14.5 Å². The molecule has 0 bridgehead atoms. The molecule has 2 heterocycles. The molecule has 58 heavy (non-hydrogen) atoms. The first-order valence-corrected chi connectivity index (χ1v) is 20.1. The number of fused-ring (bicyclic) bond motifs is 12. The van der Waals surface area contributed by atoms with Crippen LogP contribution >= 0.6 is 0 Å². The van der Waals surface area contributed by atoms with Crippen molar-refractivity contribution in [3.8, 4) is 50.3 Å². The fourth-order valence-electron chi connectivity index (χ4n) is 9.72. The lowest BCUT2D eigenvalue weighted by molar-refractivity contribution is 0.660. The van der Waals surface area contributed by atoms with E-state index >= 15 is 0 Å². The first kappa shape index (κ1) is 32.8. The van der Waals surface area contributed by atoms with Gasteiger partial charge in [0.1, 0.15) is 0 Å². The Bertz CT molecular complexity index is 3390. The molecule has 0 atom stereocenters. The van der Waals surface area contributed by atoms with Crippen LogP contribution in [0.25, 0.3) is 105 Å². The minimum absolute atomic E-state index is 0.159. The summed E-state index contributed by atoms with van der Waals surface area (Å²) in [5.41, 5.74) is 17.5. The normalized spacial score (nSPS) is 13.1. The van der Waals surface area contributed by atoms with E-state index in [9.17, 15) is 0 Å². The van der Waals surface area contributed by atoms with Crippen LogP contribution in [0, 0.1) is 0 Å². The van der Waals surface area contributed by atoms with E-state index < -0.39 is 0 Å². The Morgan fingerprint density at radius 1 is 0.397 bits per heavy atom. The van der Waals surface area contributed by atoms with Gasteiger partial charge in [0, 0.05) is 38.2 Å². The molecule has 3 nitrogen and oxygen atoms in total. The maximum atomic E-state index is 5.21. The monoisotopic (exact) mass is 739 g/mol. The van der Waals surface area contributed by atoms with E-state index in [1.807, 2.05) is 6.20 Å². The summed E-state index contributed by atoms with van der Waals surface area (Å²) in [7, 11) is 0. The Kier molecular flexibility index (Phi) is 6.98. The molecule has 0 amide bonds. The van der Waals surface area contributed by atoms with Crippen LogP contribution in [0.3, 0.4) is 0 Å². The molecule has 2 aromatic heterocycles. The summed E-state index contributed by atoms with van der Waals surface area (Å²) in [6, 6.07) is 66.3. The van der Waals surface area contributed by atoms with Gasteiger partial charge in [-0.3, -0.25) is 4.98 Å². The fraction of sp³-hybridized carbons (Fsp3) is 0.0545. The second-order valence-corrected chi connectivity index (χ2v) is 16.2. The van der Waals surface area contributed by atoms with Gasteiger partial charge in [-0.05, 0) is 91.7 Å². The van der Waals surface area contributed by atoms with E-state index in [0.717, 1.165) is 33.1 Å². The zero-order chi connectivity index (χ0) is 38.5. The van der Waals surface area contributed by atoms with Crippen LogP contribution in [0.15, 0.2) is 188 Å². The van der Waals surface area contributed by atoms with E-state index in [1.54, 1.807) is 0 Å². The standard InChI is InChI=1S/C55H37N3/c1-55(2)48-31-38(26-28-42(48)43-29-27-39(32-49(43)55)58-51-20-9-7-16-44(51)45-17-8-10-21-52(45)58)37-13-11-12-36(30-37)34-22-24-35(25-23-34)50-33-56-53-46-18-5-3-14-40(46)41-15-4-6-19-47(41)54(53)57-50/h3-33H,1-2H3. The highest BCUT2D eigenvalue weighted by Crippen LogP contribution is 2.51. The summed E-state index contributed by atoms with van der Waals surface area (Å²) in [5.74, 6) is 0. The summed E-state index contributed by atoms with van der Waals surface area (Å²) < 4.78 is 2.42. The summed E-state index contributed by atoms with van der Waals surface area (Å²) in [4.78, 5) is 10.2. The summed E-state index contributed by atoms with van der Waals surface area (Å²) in [5, 5.41) is 7.23. The topological polar surface area (TPSA) is 30.7 Å². The molecule has 11 aromatic rings. The van der Waals surface area contributed by atoms with Crippen molar-refractivity contribution in [3.63, 3.8) is 0 Å². The van der Waals surface area contributed by atoms with Crippen molar-refractivity contribution in [3.05, 3.63) is 199 Å². The molecule has 0 saturated carbocycles. The summed E-state index contributed by atoms with van der Waals surface area (Å²) >= 11 is 0.